The van der Waals surface area contributed by atoms with Gasteiger partial charge in [-0.1, -0.05) is 78.9 Å². The average Bonchev–Trinajstić information content (AvgIpc) is 2.72. The molecular formula is C23H19NO4S. The zero-order chi connectivity index (χ0) is 20.7. The molecule has 0 radical (unpaired) electrons. The van der Waals surface area contributed by atoms with Crippen molar-refractivity contribution < 1.29 is 18.3 Å². The molecule has 3 rings (SSSR count). The lowest BCUT2D eigenvalue weighted by atomic mass is 10.1. The van der Waals surface area contributed by atoms with Crippen LogP contribution in [-0.2, 0) is 10.0 Å². The number of sulfonamides is 1. The van der Waals surface area contributed by atoms with Crippen molar-refractivity contribution in [3.05, 3.63) is 107 Å². The SMILES string of the molecule is O=C(O)c1ccc(C=Cc2ccccc2)cc1NS(=O)(=O)/C=C/c1ccccc1. The van der Waals surface area contributed by atoms with Crippen LogP contribution in [0.4, 0.5) is 5.69 Å². The van der Waals surface area contributed by atoms with Gasteiger partial charge in [-0.05, 0) is 34.9 Å². The Kier molecular flexibility index (Phi) is 6.26. The van der Waals surface area contributed by atoms with Crippen molar-refractivity contribution in [1.29, 1.82) is 0 Å². The van der Waals surface area contributed by atoms with E-state index in [0.29, 0.717) is 5.56 Å². The first kappa shape index (κ1) is 20.1. The van der Waals surface area contributed by atoms with Crippen molar-refractivity contribution in [2.24, 2.45) is 0 Å². The Balaban J connectivity index is 1.87. The predicted molar refractivity (Wildman–Crippen MR) is 117 cm³/mol. The van der Waals surface area contributed by atoms with E-state index in [2.05, 4.69) is 4.72 Å². The van der Waals surface area contributed by atoms with Crippen LogP contribution < -0.4 is 4.72 Å². The number of rotatable bonds is 7. The second-order valence-electron chi connectivity index (χ2n) is 6.21. The van der Waals surface area contributed by atoms with Crippen LogP contribution in [0.3, 0.4) is 0 Å². The molecule has 0 aliphatic carbocycles. The minimum absolute atomic E-state index is 0.00502. The lowest BCUT2D eigenvalue weighted by Crippen LogP contribution is -2.12. The van der Waals surface area contributed by atoms with E-state index in [1.807, 2.05) is 42.5 Å². The van der Waals surface area contributed by atoms with Gasteiger partial charge in [0.25, 0.3) is 10.0 Å². The van der Waals surface area contributed by atoms with Gasteiger partial charge in [-0.25, -0.2) is 13.2 Å². The quantitative estimate of drug-likeness (QED) is 0.544. The number of benzene rings is 3. The Morgan fingerprint density at radius 2 is 1.31 bits per heavy atom. The maximum absolute atomic E-state index is 12.4. The topological polar surface area (TPSA) is 83.5 Å². The molecule has 3 aromatic carbocycles. The summed E-state index contributed by atoms with van der Waals surface area (Å²) < 4.78 is 27.2. The lowest BCUT2D eigenvalue weighted by molar-refractivity contribution is 0.0698. The first-order chi connectivity index (χ1) is 13.9. The number of carbonyl (C=O) groups is 1. The van der Waals surface area contributed by atoms with E-state index < -0.39 is 16.0 Å². The summed E-state index contributed by atoms with van der Waals surface area (Å²) in [5, 5.41) is 10.4. The van der Waals surface area contributed by atoms with E-state index in [9.17, 15) is 18.3 Å². The van der Waals surface area contributed by atoms with E-state index in [1.54, 1.807) is 36.4 Å². The summed E-state index contributed by atoms with van der Waals surface area (Å²) in [7, 11) is -3.89. The molecule has 0 amide bonds. The number of anilines is 1. The molecule has 3 aromatic rings. The van der Waals surface area contributed by atoms with Gasteiger partial charge < -0.3 is 5.11 Å². The van der Waals surface area contributed by atoms with E-state index in [4.69, 9.17) is 0 Å². The van der Waals surface area contributed by atoms with Crippen LogP contribution in [-0.4, -0.2) is 19.5 Å². The van der Waals surface area contributed by atoms with Crippen molar-refractivity contribution in [2.45, 2.75) is 0 Å². The van der Waals surface area contributed by atoms with Crippen LogP contribution in [0.5, 0.6) is 0 Å². The van der Waals surface area contributed by atoms with Crippen LogP contribution in [0.2, 0.25) is 0 Å². The number of carboxylic acid groups (broad SMARTS) is 1. The lowest BCUT2D eigenvalue weighted by Gasteiger charge is -2.09. The highest BCUT2D eigenvalue weighted by molar-refractivity contribution is 7.95. The Bertz CT molecular complexity index is 1150. The van der Waals surface area contributed by atoms with E-state index in [1.165, 1.54) is 18.2 Å². The van der Waals surface area contributed by atoms with Gasteiger partial charge in [0.1, 0.15) is 0 Å². The van der Waals surface area contributed by atoms with Crippen molar-refractivity contribution in [2.75, 3.05) is 4.72 Å². The molecule has 29 heavy (non-hydrogen) atoms. The molecule has 0 unspecified atom stereocenters. The Morgan fingerprint density at radius 1 is 0.759 bits per heavy atom. The van der Waals surface area contributed by atoms with Crippen molar-refractivity contribution in [3.63, 3.8) is 0 Å². The van der Waals surface area contributed by atoms with Crippen molar-refractivity contribution in [1.82, 2.24) is 0 Å². The summed E-state index contributed by atoms with van der Waals surface area (Å²) in [6.45, 7) is 0. The summed E-state index contributed by atoms with van der Waals surface area (Å²) in [4.78, 5) is 11.5. The average molecular weight is 405 g/mol. The molecule has 146 valence electrons. The molecule has 6 heteroatoms. The molecule has 0 fully saturated rings. The zero-order valence-electron chi connectivity index (χ0n) is 15.4. The Labute approximate surface area is 169 Å². The maximum atomic E-state index is 12.4. The molecule has 0 aliphatic rings. The Morgan fingerprint density at radius 3 is 1.90 bits per heavy atom. The molecule has 0 bridgehead atoms. The van der Waals surface area contributed by atoms with E-state index >= 15 is 0 Å². The van der Waals surface area contributed by atoms with Crippen LogP contribution >= 0.6 is 0 Å². The fraction of sp³-hybridized carbons (Fsp3) is 0. The van der Waals surface area contributed by atoms with Crippen molar-refractivity contribution in [3.8, 4) is 0 Å². The molecule has 2 N–H and O–H groups in total. The first-order valence-electron chi connectivity index (χ1n) is 8.79. The van der Waals surface area contributed by atoms with E-state index in [0.717, 1.165) is 16.5 Å². The van der Waals surface area contributed by atoms with Gasteiger partial charge in [0.2, 0.25) is 0 Å². The smallest absolute Gasteiger partial charge is 0.337 e. The summed E-state index contributed by atoms with van der Waals surface area (Å²) >= 11 is 0. The fourth-order valence-electron chi connectivity index (χ4n) is 2.61. The van der Waals surface area contributed by atoms with Crippen LogP contribution in [0.25, 0.3) is 18.2 Å². The molecule has 0 saturated heterocycles. The van der Waals surface area contributed by atoms with Crippen LogP contribution in [0, 0.1) is 0 Å². The Hall–Kier alpha value is -3.64. The monoisotopic (exact) mass is 405 g/mol. The summed E-state index contributed by atoms with van der Waals surface area (Å²) in [6.07, 6.45) is 5.10. The molecule has 0 spiro atoms. The predicted octanol–water partition coefficient (Wildman–Crippen LogP) is 4.97. The van der Waals surface area contributed by atoms with Gasteiger partial charge in [0.05, 0.1) is 16.7 Å². The number of hydrogen-bond acceptors (Lipinski definition) is 3. The normalized spacial score (nSPS) is 11.7. The summed E-state index contributed by atoms with van der Waals surface area (Å²) in [6, 6.07) is 23.1. The van der Waals surface area contributed by atoms with Crippen molar-refractivity contribution >= 4 is 39.9 Å². The second-order valence-corrected chi connectivity index (χ2v) is 7.78. The molecule has 0 heterocycles. The minimum Gasteiger partial charge on any atom is -0.478 e. The molecular weight excluding hydrogens is 386 g/mol. The number of carboxylic acids is 1. The highest BCUT2D eigenvalue weighted by Crippen LogP contribution is 2.22. The first-order valence-corrected chi connectivity index (χ1v) is 10.3. The van der Waals surface area contributed by atoms with Gasteiger partial charge in [0, 0.05) is 0 Å². The largest absolute Gasteiger partial charge is 0.478 e. The second kappa shape index (κ2) is 9.03. The molecule has 0 aliphatic heterocycles. The number of hydrogen-bond donors (Lipinski definition) is 2. The highest BCUT2D eigenvalue weighted by atomic mass is 32.2. The van der Waals surface area contributed by atoms with Crippen LogP contribution in [0.15, 0.2) is 84.3 Å². The van der Waals surface area contributed by atoms with Crippen LogP contribution in [0.1, 0.15) is 27.0 Å². The molecule has 0 saturated carbocycles. The van der Waals surface area contributed by atoms with E-state index in [-0.39, 0.29) is 11.3 Å². The third-order valence-corrected chi connectivity index (χ3v) is 5.03. The number of aromatic carboxylic acids is 1. The minimum atomic E-state index is -3.89. The third-order valence-electron chi connectivity index (χ3n) is 4.03. The fourth-order valence-corrected chi connectivity index (χ4v) is 3.49. The maximum Gasteiger partial charge on any atom is 0.337 e. The summed E-state index contributed by atoms with van der Waals surface area (Å²) in [5.74, 6) is -1.21. The van der Waals surface area contributed by atoms with Gasteiger partial charge in [-0.3, -0.25) is 4.72 Å². The van der Waals surface area contributed by atoms with Gasteiger partial charge in [-0.2, -0.15) is 0 Å². The van der Waals surface area contributed by atoms with Gasteiger partial charge in [0.15, 0.2) is 0 Å². The highest BCUT2D eigenvalue weighted by Gasteiger charge is 2.15. The summed E-state index contributed by atoms with van der Waals surface area (Å²) in [5.41, 5.74) is 2.24. The van der Waals surface area contributed by atoms with Gasteiger partial charge in [-0.15, -0.1) is 0 Å². The van der Waals surface area contributed by atoms with Gasteiger partial charge >= 0.3 is 5.97 Å². The number of nitrogens with one attached hydrogen (secondary N) is 1. The molecule has 0 atom stereocenters. The standard InChI is InChI=1S/C23H19NO4S/c25-23(26)21-14-13-20(12-11-18-7-3-1-4-8-18)17-22(21)24-29(27,28)16-15-19-9-5-2-6-10-19/h1-17,24H,(H,25,26)/b12-11?,16-15+. The third kappa shape index (κ3) is 5.92. The zero-order valence-corrected chi connectivity index (χ0v) is 16.2. The molecule has 0 aromatic heterocycles. The molecule has 5 nitrogen and oxygen atoms in total.